The summed E-state index contributed by atoms with van der Waals surface area (Å²) >= 11 is 1.40. The number of hydrogen-bond donors (Lipinski definition) is 1. The van der Waals surface area contributed by atoms with Gasteiger partial charge in [0.05, 0.1) is 4.90 Å². The van der Waals surface area contributed by atoms with Gasteiger partial charge < -0.3 is 5.32 Å². The quantitative estimate of drug-likeness (QED) is 0.744. The molecule has 1 aromatic carbocycles. The molecule has 0 aliphatic carbocycles. The summed E-state index contributed by atoms with van der Waals surface area (Å²) in [6.07, 6.45) is 1.14. The van der Waals surface area contributed by atoms with Gasteiger partial charge in [0.2, 0.25) is 5.91 Å². The van der Waals surface area contributed by atoms with Gasteiger partial charge in [-0.15, -0.1) is 11.3 Å². The Morgan fingerprint density at radius 2 is 1.84 bits per heavy atom. The lowest BCUT2D eigenvalue weighted by Gasteiger charge is -2.18. The third-order valence-corrected chi connectivity index (χ3v) is 7.31. The Kier molecular flexibility index (Phi) is 6.79. The topological polar surface area (TPSA) is 63.2 Å². The summed E-state index contributed by atoms with van der Waals surface area (Å²) in [4.78, 5) is 12.8. The Balaban J connectivity index is 2.30. The number of rotatable bonds is 8. The van der Waals surface area contributed by atoms with Crippen molar-refractivity contribution in [1.82, 2.24) is 5.32 Å². The molecule has 2 rings (SSSR count). The van der Waals surface area contributed by atoms with E-state index in [-0.39, 0.29) is 12.5 Å². The maximum absolute atomic E-state index is 13.1. The van der Waals surface area contributed by atoms with Crippen molar-refractivity contribution in [3.63, 3.8) is 0 Å². The fraction of sp³-hybridized carbons (Fsp3) is 0.421. The number of amides is 1. The van der Waals surface area contributed by atoms with Crippen molar-refractivity contribution < 1.29 is 13.2 Å². The van der Waals surface area contributed by atoms with Crippen LogP contribution >= 0.6 is 11.3 Å². The van der Waals surface area contributed by atoms with Gasteiger partial charge in [0.25, 0.3) is 0 Å². The maximum Gasteiger partial charge on any atom is 0.220 e. The lowest BCUT2D eigenvalue weighted by molar-refractivity contribution is -0.121. The molecule has 136 valence electrons. The van der Waals surface area contributed by atoms with Gasteiger partial charge in [-0.3, -0.25) is 4.79 Å². The molecule has 0 unspecified atom stereocenters. The summed E-state index contributed by atoms with van der Waals surface area (Å²) < 4.78 is 26.3. The minimum absolute atomic E-state index is 0.0909. The van der Waals surface area contributed by atoms with E-state index in [4.69, 9.17) is 0 Å². The Labute approximate surface area is 154 Å². The van der Waals surface area contributed by atoms with Crippen LogP contribution in [0, 0.1) is 0 Å². The number of carbonyl (C=O) groups excluding carboxylic acids is 1. The van der Waals surface area contributed by atoms with Crippen LogP contribution in [0.25, 0.3) is 0 Å². The summed E-state index contributed by atoms with van der Waals surface area (Å²) in [6.45, 7) is 6.15. The first kappa shape index (κ1) is 19.7. The molecule has 0 radical (unpaired) electrons. The fourth-order valence-electron chi connectivity index (χ4n) is 2.57. The predicted molar refractivity (Wildman–Crippen MR) is 103 cm³/mol. The molecule has 25 heavy (non-hydrogen) atoms. The van der Waals surface area contributed by atoms with Crippen LogP contribution in [0.5, 0.6) is 0 Å². The SMILES string of the molecule is CCCC(=O)NC[C@@H](c1cccs1)S(=O)(=O)c1ccc(C(C)C)cc1. The molecule has 0 spiro atoms. The third kappa shape index (κ3) is 4.92. The van der Waals surface area contributed by atoms with Gasteiger partial charge in [0, 0.05) is 17.8 Å². The zero-order valence-electron chi connectivity index (χ0n) is 14.9. The second-order valence-corrected chi connectivity index (χ2v) is 9.44. The predicted octanol–water partition coefficient (Wildman–Crippen LogP) is 4.30. The first-order valence-electron chi connectivity index (χ1n) is 8.50. The molecule has 0 aliphatic rings. The van der Waals surface area contributed by atoms with Crippen LogP contribution in [-0.4, -0.2) is 20.9 Å². The van der Waals surface area contributed by atoms with E-state index in [0.29, 0.717) is 17.2 Å². The van der Waals surface area contributed by atoms with Crippen LogP contribution in [0.2, 0.25) is 0 Å². The Bertz CT molecular complexity index is 779. The highest BCUT2D eigenvalue weighted by Crippen LogP contribution is 2.32. The highest BCUT2D eigenvalue weighted by atomic mass is 32.2. The number of nitrogens with one attached hydrogen (secondary N) is 1. The number of hydrogen-bond acceptors (Lipinski definition) is 4. The second-order valence-electron chi connectivity index (χ2n) is 6.33. The summed E-state index contributed by atoms with van der Waals surface area (Å²) in [6, 6.07) is 10.7. The van der Waals surface area contributed by atoms with Gasteiger partial charge in [-0.2, -0.15) is 0 Å². The first-order chi connectivity index (χ1) is 11.9. The normalized spacial score (nSPS) is 13.0. The van der Waals surface area contributed by atoms with Crippen LogP contribution in [-0.2, 0) is 14.6 Å². The van der Waals surface area contributed by atoms with Gasteiger partial charge in [-0.25, -0.2) is 8.42 Å². The molecular weight excluding hydrogens is 354 g/mol. The van der Waals surface area contributed by atoms with Crippen LogP contribution in [0.3, 0.4) is 0 Å². The van der Waals surface area contributed by atoms with Crippen LogP contribution in [0.15, 0.2) is 46.7 Å². The molecule has 2 aromatic rings. The van der Waals surface area contributed by atoms with E-state index >= 15 is 0 Å². The van der Waals surface area contributed by atoms with Crippen molar-refractivity contribution in [1.29, 1.82) is 0 Å². The number of sulfone groups is 1. The van der Waals surface area contributed by atoms with E-state index < -0.39 is 15.1 Å². The average molecular weight is 380 g/mol. The van der Waals surface area contributed by atoms with Crippen molar-refractivity contribution in [3.05, 3.63) is 52.2 Å². The largest absolute Gasteiger partial charge is 0.354 e. The molecule has 1 atom stereocenters. The highest BCUT2D eigenvalue weighted by Gasteiger charge is 2.30. The van der Waals surface area contributed by atoms with E-state index in [1.165, 1.54) is 11.3 Å². The standard InChI is InChI=1S/C19H25NO3S2/c1-4-6-19(21)20-13-18(17-7-5-12-24-17)25(22,23)16-10-8-15(9-11-16)14(2)3/h5,7-12,14,18H,4,6,13H2,1-3H3,(H,20,21)/t18-/m0/s1. The van der Waals surface area contributed by atoms with E-state index in [2.05, 4.69) is 19.2 Å². The summed E-state index contributed by atoms with van der Waals surface area (Å²) in [7, 11) is -3.58. The third-order valence-electron chi connectivity index (χ3n) is 4.07. The number of carbonyl (C=O) groups is 1. The van der Waals surface area contributed by atoms with E-state index in [1.807, 2.05) is 30.5 Å². The second kappa shape index (κ2) is 8.63. The smallest absolute Gasteiger partial charge is 0.220 e. The lowest BCUT2D eigenvalue weighted by Crippen LogP contribution is -2.31. The van der Waals surface area contributed by atoms with Gasteiger partial charge in [0.1, 0.15) is 5.25 Å². The molecular formula is C19H25NO3S2. The maximum atomic E-state index is 13.1. The molecule has 1 heterocycles. The molecule has 0 aliphatic heterocycles. The molecule has 4 nitrogen and oxygen atoms in total. The summed E-state index contributed by atoms with van der Waals surface area (Å²) in [5.41, 5.74) is 1.10. The molecule has 1 aromatic heterocycles. The number of benzene rings is 1. The van der Waals surface area contributed by atoms with E-state index in [1.54, 1.807) is 18.2 Å². The molecule has 6 heteroatoms. The molecule has 1 N–H and O–H groups in total. The van der Waals surface area contributed by atoms with Crippen LogP contribution in [0.1, 0.15) is 55.2 Å². The summed E-state index contributed by atoms with van der Waals surface area (Å²) in [5.74, 6) is 0.229. The van der Waals surface area contributed by atoms with Crippen LogP contribution in [0.4, 0.5) is 0 Å². The monoisotopic (exact) mass is 379 g/mol. The molecule has 0 bridgehead atoms. The van der Waals surface area contributed by atoms with Gasteiger partial charge in [0.15, 0.2) is 9.84 Å². The average Bonchev–Trinajstić information content (AvgIpc) is 3.09. The van der Waals surface area contributed by atoms with Gasteiger partial charge in [-0.05, 0) is 41.5 Å². The van der Waals surface area contributed by atoms with Crippen molar-refractivity contribution in [2.24, 2.45) is 0 Å². The van der Waals surface area contributed by atoms with Gasteiger partial charge >= 0.3 is 0 Å². The van der Waals surface area contributed by atoms with E-state index in [0.717, 1.165) is 16.9 Å². The Morgan fingerprint density at radius 3 is 2.36 bits per heavy atom. The number of thiophene rings is 1. The fourth-order valence-corrected chi connectivity index (χ4v) is 5.35. The zero-order chi connectivity index (χ0) is 18.4. The van der Waals surface area contributed by atoms with Crippen molar-refractivity contribution in [2.75, 3.05) is 6.54 Å². The zero-order valence-corrected chi connectivity index (χ0v) is 16.5. The van der Waals surface area contributed by atoms with Gasteiger partial charge in [-0.1, -0.05) is 39.0 Å². The van der Waals surface area contributed by atoms with Crippen molar-refractivity contribution >= 4 is 27.1 Å². The Morgan fingerprint density at radius 1 is 1.16 bits per heavy atom. The lowest BCUT2D eigenvalue weighted by atomic mass is 10.0. The molecule has 0 fully saturated rings. The minimum Gasteiger partial charge on any atom is -0.354 e. The van der Waals surface area contributed by atoms with E-state index in [9.17, 15) is 13.2 Å². The molecule has 0 saturated heterocycles. The molecule has 1 amide bonds. The Hall–Kier alpha value is -1.66. The van der Waals surface area contributed by atoms with Crippen LogP contribution < -0.4 is 5.32 Å². The molecule has 0 saturated carbocycles. The van der Waals surface area contributed by atoms with Crippen molar-refractivity contribution in [2.45, 2.75) is 49.7 Å². The minimum atomic E-state index is -3.58. The first-order valence-corrected chi connectivity index (χ1v) is 10.9. The summed E-state index contributed by atoms with van der Waals surface area (Å²) in [5, 5.41) is 3.86. The van der Waals surface area contributed by atoms with Crippen molar-refractivity contribution in [3.8, 4) is 0 Å². The highest BCUT2D eigenvalue weighted by molar-refractivity contribution is 7.91.